The van der Waals surface area contributed by atoms with Gasteiger partial charge in [-0.1, -0.05) is 25.1 Å². The Balaban J connectivity index is 1.77. The normalized spacial score (nSPS) is 15.3. The lowest BCUT2D eigenvalue weighted by atomic mass is 10.1. The van der Waals surface area contributed by atoms with Crippen molar-refractivity contribution in [1.82, 2.24) is 4.90 Å². The van der Waals surface area contributed by atoms with Gasteiger partial charge in [0.05, 0.1) is 11.5 Å². The largest absolute Gasteiger partial charge is 0.490 e. The number of hydrogen-bond donors (Lipinski definition) is 0. The fraction of sp³-hybridized carbons (Fsp3) is 0.273. The highest BCUT2D eigenvalue weighted by Crippen LogP contribution is 2.35. The van der Waals surface area contributed by atoms with Gasteiger partial charge in [0.15, 0.2) is 11.5 Å². The molecule has 5 nitrogen and oxygen atoms in total. The third kappa shape index (κ3) is 5.17. The maximum atomic E-state index is 13.0. The predicted molar refractivity (Wildman–Crippen MR) is 111 cm³/mol. The van der Waals surface area contributed by atoms with Crippen LogP contribution in [-0.4, -0.2) is 29.2 Å². The molecule has 0 unspecified atom stereocenters. The van der Waals surface area contributed by atoms with E-state index in [9.17, 15) is 14.0 Å². The Hall–Kier alpha value is -2.80. The lowest BCUT2D eigenvalue weighted by molar-refractivity contribution is -0.122. The van der Waals surface area contributed by atoms with Crippen molar-refractivity contribution in [3.63, 3.8) is 0 Å². The first-order chi connectivity index (χ1) is 14.0. The lowest BCUT2D eigenvalue weighted by Crippen LogP contribution is -2.28. The zero-order chi connectivity index (χ0) is 20.8. The van der Waals surface area contributed by atoms with Crippen LogP contribution in [0.5, 0.6) is 11.5 Å². The monoisotopic (exact) mass is 415 g/mol. The average molecular weight is 415 g/mol. The molecule has 0 saturated carbocycles. The fourth-order valence-electron chi connectivity index (χ4n) is 2.81. The van der Waals surface area contributed by atoms with Crippen molar-refractivity contribution in [3.8, 4) is 11.5 Å². The van der Waals surface area contributed by atoms with Gasteiger partial charge in [0.25, 0.3) is 11.1 Å². The summed E-state index contributed by atoms with van der Waals surface area (Å²) >= 11 is 0.945. The molecule has 2 amide bonds. The average Bonchev–Trinajstić information content (AvgIpc) is 2.97. The third-order valence-electron chi connectivity index (χ3n) is 4.19. The molecular formula is C22H22FNO4S. The summed E-state index contributed by atoms with van der Waals surface area (Å²) in [5.41, 5.74) is 1.58. The number of ether oxygens (including phenoxy) is 2. The first-order valence-corrected chi connectivity index (χ1v) is 10.2. The van der Waals surface area contributed by atoms with Crippen molar-refractivity contribution in [1.29, 1.82) is 0 Å². The number of imide groups is 1. The van der Waals surface area contributed by atoms with E-state index in [1.807, 2.05) is 13.8 Å². The molecule has 2 aromatic rings. The minimum atomic E-state index is -0.295. The minimum Gasteiger partial charge on any atom is -0.490 e. The smallest absolute Gasteiger partial charge is 0.293 e. The molecule has 2 aromatic carbocycles. The summed E-state index contributed by atoms with van der Waals surface area (Å²) in [4.78, 5) is 26.1. The fourth-order valence-corrected chi connectivity index (χ4v) is 3.68. The highest BCUT2D eigenvalue weighted by molar-refractivity contribution is 8.18. The Labute approximate surface area is 173 Å². The van der Waals surface area contributed by atoms with Crippen LogP contribution in [0.3, 0.4) is 0 Å². The molecule has 29 heavy (non-hydrogen) atoms. The summed E-state index contributed by atoms with van der Waals surface area (Å²) in [5.74, 6) is 0.525. The Morgan fingerprint density at radius 1 is 1.03 bits per heavy atom. The van der Waals surface area contributed by atoms with Crippen LogP contribution in [0.1, 0.15) is 31.4 Å². The van der Waals surface area contributed by atoms with Gasteiger partial charge >= 0.3 is 0 Å². The molecule has 1 heterocycles. The maximum Gasteiger partial charge on any atom is 0.293 e. The van der Waals surface area contributed by atoms with Crippen molar-refractivity contribution in [2.45, 2.75) is 26.9 Å². The molecule has 1 aliphatic heterocycles. The predicted octanol–water partition coefficient (Wildman–Crippen LogP) is 5.25. The van der Waals surface area contributed by atoms with E-state index in [2.05, 4.69) is 0 Å². The van der Waals surface area contributed by atoms with E-state index in [0.717, 1.165) is 29.3 Å². The SMILES string of the molecule is CCCN1C(=O)S/C(=C/c2ccc(OCc3ccc(F)cc3)c(OCC)c2)C1=O. The molecule has 0 aliphatic carbocycles. The third-order valence-corrected chi connectivity index (χ3v) is 5.10. The van der Waals surface area contributed by atoms with Crippen LogP contribution in [0.4, 0.5) is 9.18 Å². The van der Waals surface area contributed by atoms with E-state index in [4.69, 9.17) is 9.47 Å². The van der Waals surface area contributed by atoms with Gasteiger partial charge in [-0.2, -0.15) is 0 Å². The van der Waals surface area contributed by atoms with E-state index in [-0.39, 0.29) is 23.6 Å². The van der Waals surface area contributed by atoms with E-state index < -0.39 is 0 Å². The van der Waals surface area contributed by atoms with Crippen LogP contribution in [0.25, 0.3) is 6.08 Å². The molecule has 0 aromatic heterocycles. The zero-order valence-electron chi connectivity index (χ0n) is 16.3. The van der Waals surface area contributed by atoms with Gasteiger partial charge in [-0.25, -0.2) is 4.39 Å². The second kappa shape index (κ2) is 9.60. The van der Waals surface area contributed by atoms with Gasteiger partial charge in [0.1, 0.15) is 12.4 Å². The summed E-state index contributed by atoms with van der Waals surface area (Å²) < 4.78 is 24.5. The first kappa shape index (κ1) is 20.9. The van der Waals surface area contributed by atoms with Gasteiger partial charge in [0.2, 0.25) is 0 Å². The van der Waals surface area contributed by atoms with Crippen LogP contribution in [0.2, 0.25) is 0 Å². The standard InChI is InChI=1S/C22H22FNO4S/c1-3-11-24-21(25)20(29-22(24)26)13-16-7-10-18(19(12-16)27-4-2)28-14-15-5-8-17(23)9-6-15/h5-10,12-13H,3-4,11,14H2,1-2H3/b20-13+. The molecule has 3 rings (SSSR count). The van der Waals surface area contributed by atoms with E-state index in [0.29, 0.717) is 29.6 Å². The Bertz CT molecular complexity index is 927. The molecule has 1 fully saturated rings. The summed E-state index contributed by atoms with van der Waals surface area (Å²) in [6.45, 7) is 4.93. The molecular weight excluding hydrogens is 393 g/mol. The number of benzene rings is 2. The van der Waals surface area contributed by atoms with Crippen LogP contribution in [0, 0.1) is 5.82 Å². The number of rotatable bonds is 8. The molecule has 152 valence electrons. The first-order valence-electron chi connectivity index (χ1n) is 9.41. The van der Waals surface area contributed by atoms with Crippen LogP contribution in [-0.2, 0) is 11.4 Å². The number of thioether (sulfide) groups is 1. The molecule has 1 saturated heterocycles. The topological polar surface area (TPSA) is 55.8 Å². The van der Waals surface area contributed by atoms with Crippen LogP contribution >= 0.6 is 11.8 Å². The summed E-state index contributed by atoms with van der Waals surface area (Å²) in [5, 5.41) is -0.243. The van der Waals surface area contributed by atoms with Crippen molar-refractivity contribution >= 4 is 29.0 Å². The number of carbonyl (C=O) groups excluding carboxylic acids is 2. The lowest BCUT2D eigenvalue weighted by Gasteiger charge is -2.13. The highest BCUT2D eigenvalue weighted by Gasteiger charge is 2.34. The highest BCUT2D eigenvalue weighted by atomic mass is 32.2. The second-order valence-electron chi connectivity index (χ2n) is 6.39. The van der Waals surface area contributed by atoms with E-state index in [1.165, 1.54) is 17.0 Å². The van der Waals surface area contributed by atoms with Gasteiger partial charge in [-0.15, -0.1) is 0 Å². The second-order valence-corrected chi connectivity index (χ2v) is 7.38. The number of hydrogen-bond acceptors (Lipinski definition) is 5. The zero-order valence-corrected chi connectivity index (χ0v) is 17.1. The molecule has 1 aliphatic rings. The van der Waals surface area contributed by atoms with Gasteiger partial charge in [0, 0.05) is 6.54 Å². The minimum absolute atomic E-state index is 0.243. The van der Waals surface area contributed by atoms with E-state index in [1.54, 1.807) is 36.4 Å². The molecule has 0 N–H and O–H groups in total. The van der Waals surface area contributed by atoms with E-state index >= 15 is 0 Å². The Morgan fingerprint density at radius 2 is 1.79 bits per heavy atom. The van der Waals surface area contributed by atoms with Crippen LogP contribution in [0.15, 0.2) is 47.4 Å². The summed E-state index contributed by atoms with van der Waals surface area (Å²) in [6, 6.07) is 11.4. The van der Waals surface area contributed by atoms with Crippen molar-refractivity contribution in [2.75, 3.05) is 13.2 Å². The maximum absolute atomic E-state index is 13.0. The Morgan fingerprint density at radius 3 is 2.48 bits per heavy atom. The van der Waals surface area contributed by atoms with Crippen molar-refractivity contribution < 1.29 is 23.5 Å². The van der Waals surface area contributed by atoms with Crippen LogP contribution < -0.4 is 9.47 Å². The number of amides is 2. The summed E-state index contributed by atoms with van der Waals surface area (Å²) in [6.07, 6.45) is 2.41. The van der Waals surface area contributed by atoms with Gasteiger partial charge in [-0.05, 0) is 66.6 Å². The summed E-state index contributed by atoms with van der Waals surface area (Å²) in [7, 11) is 0. The molecule has 0 spiro atoms. The van der Waals surface area contributed by atoms with Gasteiger partial charge in [-0.3, -0.25) is 14.5 Å². The molecule has 0 atom stereocenters. The van der Waals surface area contributed by atoms with Crippen molar-refractivity contribution in [3.05, 3.63) is 64.3 Å². The quantitative estimate of drug-likeness (QED) is 0.551. The molecule has 0 bridgehead atoms. The van der Waals surface area contributed by atoms with Gasteiger partial charge < -0.3 is 9.47 Å². The van der Waals surface area contributed by atoms with Crippen molar-refractivity contribution in [2.24, 2.45) is 0 Å². The number of nitrogens with zero attached hydrogens (tertiary/aromatic N) is 1. The molecule has 0 radical (unpaired) electrons. The Kier molecular flexibility index (Phi) is 6.93. The molecule has 7 heteroatoms. The number of halogens is 1. The number of carbonyl (C=O) groups is 2.